The van der Waals surface area contributed by atoms with Gasteiger partial charge in [-0.25, -0.2) is 0 Å². The highest BCUT2D eigenvalue weighted by Crippen LogP contribution is 2.26. The Labute approximate surface area is 88.7 Å². The first-order valence-electron chi connectivity index (χ1n) is 4.72. The fourth-order valence-electron chi connectivity index (χ4n) is 1.38. The summed E-state index contributed by atoms with van der Waals surface area (Å²) in [5.74, 6) is 0.215. The van der Waals surface area contributed by atoms with E-state index in [2.05, 4.69) is 4.40 Å². The van der Waals surface area contributed by atoms with Crippen LogP contribution >= 0.6 is 0 Å². The Bertz CT molecular complexity index is 505. The van der Waals surface area contributed by atoms with Gasteiger partial charge in [-0.1, -0.05) is 19.1 Å². The van der Waals surface area contributed by atoms with Gasteiger partial charge in [0.15, 0.2) is 0 Å². The minimum Gasteiger partial charge on any atom is -0.477 e. The van der Waals surface area contributed by atoms with Gasteiger partial charge in [-0.15, -0.1) is 4.40 Å². The maximum atomic E-state index is 11.6. The van der Waals surface area contributed by atoms with Gasteiger partial charge in [0.1, 0.15) is 4.90 Å². The van der Waals surface area contributed by atoms with Gasteiger partial charge in [0, 0.05) is 0 Å². The lowest BCUT2D eigenvalue weighted by atomic mass is 10.2. The SMILES string of the molecule is CCCOC1=NS(=O)(=O)c2ccccc21. The molecule has 0 aromatic heterocycles. The molecule has 1 aliphatic rings. The van der Waals surface area contributed by atoms with Crippen molar-refractivity contribution in [2.45, 2.75) is 18.2 Å². The molecule has 0 spiro atoms. The molecular weight excluding hydrogens is 214 g/mol. The molecule has 0 saturated heterocycles. The van der Waals surface area contributed by atoms with Gasteiger partial charge in [0.2, 0.25) is 5.90 Å². The summed E-state index contributed by atoms with van der Waals surface area (Å²) in [5.41, 5.74) is 0.561. The summed E-state index contributed by atoms with van der Waals surface area (Å²) < 4.78 is 32.0. The van der Waals surface area contributed by atoms with Crippen molar-refractivity contribution >= 4 is 15.9 Å². The largest absolute Gasteiger partial charge is 0.477 e. The fraction of sp³-hybridized carbons (Fsp3) is 0.300. The Morgan fingerprint density at radius 3 is 2.80 bits per heavy atom. The van der Waals surface area contributed by atoms with E-state index in [1.165, 1.54) is 6.07 Å². The number of sulfonamides is 1. The zero-order valence-corrected chi connectivity index (χ0v) is 9.12. The molecule has 15 heavy (non-hydrogen) atoms. The summed E-state index contributed by atoms with van der Waals surface area (Å²) in [5, 5.41) is 0. The number of ether oxygens (including phenoxy) is 1. The third-order valence-electron chi connectivity index (χ3n) is 2.04. The van der Waals surface area contributed by atoms with Crippen LogP contribution in [0, 0.1) is 0 Å². The van der Waals surface area contributed by atoms with Gasteiger partial charge < -0.3 is 4.74 Å². The molecule has 1 heterocycles. The first kappa shape index (κ1) is 10.2. The van der Waals surface area contributed by atoms with Crippen LogP contribution in [0.4, 0.5) is 0 Å². The van der Waals surface area contributed by atoms with E-state index in [-0.39, 0.29) is 10.8 Å². The second-order valence-corrected chi connectivity index (χ2v) is 4.79. The molecule has 0 radical (unpaired) electrons. The zero-order chi connectivity index (χ0) is 10.9. The molecule has 0 fully saturated rings. The molecule has 0 amide bonds. The summed E-state index contributed by atoms with van der Waals surface area (Å²) in [4.78, 5) is 0.233. The normalized spacial score (nSPS) is 17.0. The molecule has 80 valence electrons. The Kier molecular flexibility index (Phi) is 2.48. The summed E-state index contributed by atoms with van der Waals surface area (Å²) in [7, 11) is -3.52. The van der Waals surface area contributed by atoms with E-state index in [9.17, 15) is 8.42 Å². The van der Waals surface area contributed by atoms with Crippen molar-refractivity contribution in [3.8, 4) is 0 Å². The molecule has 0 aliphatic carbocycles. The van der Waals surface area contributed by atoms with Crippen LogP contribution in [-0.2, 0) is 14.8 Å². The molecule has 1 aromatic carbocycles. The average Bonchev–Trinajstić information content (AvgIpc) is 2.49. The van der Waals surface area contributed by atoms with E-state index in [0.29, 0.717) is 12.2 Å². The van der Waals surface area contributed by atoms with Gasteiger partial charge in [-0.3, -0.25) is 0 Å². The maximum Gasteiger partial charge on any atom is 0.286 e. The van der Waals surface area contributed by atoms with Gasteiger partial charge in [-0.2, -0.15) is 8.42 Å². The lowest BCUT2D eigenvalue weighted by Crippen LogP contribution is -2.04. The molecule has 2 rings (SSSR count). The molecular formula is C10H11NO3S. The number of rotatable bonds is 2. The van der Waals surface area contributed by atoms with Gasteiger partial charge in [-0.05, 0) is 18.6 Å². The maximum absolute atomic E-state index is 11.6. The van der Waals surface area contributed by atoms with E-state index in [1.54, 1.807) is 18.2 Å². The molecule has 0 N–H and O–H groups in total. The van der Waals surface area contributed by atoms with E-state index < -0.39 is 10.0 Å². The van der Waals surface area contributed by atoms with Crippen molar-refractivity contribution in [3.63, 3.8) is 0 Å². The van der Waals surface area contributed by atoms with Gasteiger partial charge in [0.05, 0.1) is 12.2 Å². The van der Waals surface area contributed by atoms with Crippen molar-refractivity contribution in [2.75, 3.05) is 6.61 Å². The van der Waals surface area contributed by atoms with Crippen molar-refractivity contribution < 1.29 is 13.2 Å². The van der Waals surface area contributed by atoms with Crippen LogP contribution in [0.2, 0.25) is 0 Å². The fourth-order valence-corrected chi connectivity index (χ4v) is 2.53. The van der Waals surface area contributed by atoms with Crippen molar-refractivity contribution in [1.29, 1.82) is 0 Å². The van der Waals surface area contributed by atoms with E-state index in [4.69, 9.17) is 4.74 Å². The molecule has 0 unspecified atom stereocenters. The van der Waals surface area contributed by atoms with Crippen LogP contribution in [-0.4, -0.2) is 20.9 Å². The van der Waals surface area contributed by atoms with E-state index in [1.807, 2.05) is 6.92 Å². The number of hydrogen-bond acceptors (Lipinski definition) is 3. The molecule has 0 saturated carbocycles. The second-order valence-electron chi connectivity index (χ2n) is 3.22. The smallest absolute Gasteiger partial charge is 0.286 e. The van der Waals surface area contributed by atoms with Crippen LogP contribution in [0.25, 0.3) is 0 Å². The van der Waals surface area contributed by atoms with Crippen LogP contribution in [0.15, 0.2) is 33.6 Å². The molecule has 1 aliphatic heterocycles. The zero-order valence-electron chi connectivity index (χ0n) is 8.30. The Morgan fingerprint density at radius 2 is 2.07 bits per heavy atom. The second kappa shape index (κ2) is 3.66. The van der Waals surface area contributed by atoms with Crippen LogP contribution in [0.1, 0.15) is 18.9 Å². The topological polar surface area (TPSA) is 55.7 Å². The van der Waals surface area contributed by atoms with Crippen LogP contribution in [0.3, 0.4) is 0 Å². The predicted octanol–water partition coefficient (Wildman–Crippen LogP) is 1.56. The van der Waals surface area contributed by atoms with Crippen LogP contribution < -0.4 is 0 Å². The van der Waals surface area contributed by atoms with Crippen molar-refractivity contribution in [3.05, 3.63) is 29.8 Å². The van der Waals surface area contributed by atoms with Gasteiger partial charge in [0.25, 0.3) is 10.0 Å². The third-order valence-corrected chi connectivity index (χ3v) is 3.36. The first-order valence-corrected chi connectivity index (χ1v) is 6.16. The molecule has 0 atom stereocenters. The van der Waals surface area contributed by atoms with Crippen LogP contribution in [0.5, 0.6) is 0 Å². The minimum atomic E-state index is -3.52. The summed E-state index contributed by atoms with van der Waals surface area (Å²) in [6.45, 7) is 2.43. The Hall–Kier alpha value is -1.36. The highest BCUT2D eigenvalue weighted by molar-refractivity contribution is 7.90. The molecule has 0 bridgehead atoms. The predicted molar refractivity (Wildman–Crippen MR) is 56.4 cm³/mol. The number of hydrogen-bond donors (Lipinski definition) is 0. The average molecular weight is 225 g/mol. The Morgan fingerprint density at radius 1 is 1.33 bits per heavy atom. The lowest BCUT2D eigenvalue weighted by Gasteiger charge is -2.02. The number of benzene rings is 1. The quantitative estimate of drug-likeness (QED) is 0.767. The summed E-state index contributed by atoms with van der Waals surface area (Å²) >= 11 is 0. The highest BCUT2D eigenvalue weighted by atomic mass is 32.2. The highest BCUT2D eigenvalue weighted by Gasteiger charge is 2.29. The molecule has 5 heteroatoms. The van der Waals surface area contributed by atoms with Crippen molar-refractivity contribution in [2.24, 2.45) is 4.40 Å². The first-order chi connectivity index (χ1) is 7.15. The van der Waals surface area contributed by atoms with Crippen molar-refractivity contribution in [1.82, 2.24) is 0 Å². The minimum absolute atomic E-state index is 0.215. The monoisotopic (exact) mass is 225 g/mol. The molecule has 4 nitrogen and oxygen atoms in total. The van der Waals surface area contributed by atoms with E-state index in [0.717, 1.165) is 6.42 Å². The lowest BCUT2D eigenvalue weighted by molar-refractivity contribution is 0.307. The number of nitrogens with zero attached hydrogens (tertiary/aromatic N) is 1. The van der Waals surface area contributed by atoms with E-state index >= 15 is 0 Å². The Balaban J connectivity index is 2.44. The number of fused-ring (bicyclic) bond motifs is 1. The third kappa shape index (κ3) is 1.74. The standard InChI is InChI=1S/C10H11NO3S/c1-2-7-14-10-8-5-3-4-6-9(8)15(12,13)11-10/h3-6H,2,7H2,1H3. The molecule has 1 aromatic rings. The summed E-state index contributed by atoms with van der Waals surface area (Å²) in [6.07, 6.45) is 0.821. The van der Waals surface area contributed by atoms with Gasteiger partial charge >= 0.3 is 0 Å². The summed E-state index contributed by atoms with van der Waals surface area (Å²) in [6, 6.07) is 6.68.